The summed E-state index contributed by atoms with van der Waals surface area (Å²) in [5.41, 5.74) is 0.838. The normalized spacial score (nSPS) is 21.5. The minimum atomic E-state index is -0.206. The predicted octanol–water partition coefficient (Wildman–Crippen LogP) is 2.84. The van der Waals surface area contributed by atoms with Gasteiger partial charge in [0.05, 0.1) is 12.0 Å². The van der Waals surface area contributed by atoms with Crippen LogP contribution in [-0.2, 0) is 9.59 Å². The van der Waals surface area contributed by atoms with Crippen molar-refractivity contribution in [3.63, 3.8) is 0 Å². The zero-order valence-corrected chi connectivity index (χ0v) is 14.5. The fourth-order valence-corrected chi connectivity index (χ4v) is 3.47. The Morgan fingerprint density at radius 2 is 1.79 bits per heavy atom. The van der Waals surface area contributed by atoms with Crippen LogP contribution in [0.2, 0.25) is 0 Å². The largest absolute Gasteiger partial charge is 0.491 e. The SMILES string of the molecule is CC(C)Oc1ccc(N2CC(C(=O)N3CCCCC3)CC2=O)cc1. The Hall–Kier alpha value is -2.04. The molecule has 1 atom stereocenters. The Morgan fingerprint density at radius 1 is 1.12 bits per heavy atom. The smallest absolute Gasteiger partial charge is 0.228 e. The molecule has 130 valence electrons. The standard InChI is InChI=1S/C19H26N2O3/c1-14(2)24-17-8-6-16(7-9-17)21-13-15(12-18(21)22)19(23)20-10-4-3-5-11-20/h6-9,14-15H,3-5,10-13H2,1-2H3. The van der Waals surface area contributed by atoms with E-state index in [4.69, 9.17) is 4.74 Å². The summed E-state index contributed by atoms with van der Waals surface area (Å²) in [5.74, 6) is 0.761. The van der Waals surface area contributed by atoms with Gasteiger partial charge in [-0.15, -0.1) is 0 Å². The Labute approximate surface area is 143 Å². The van der Waals surface area contributed by atoms with Crippen molar-refractivity contribution in [3.05, 3.63) is 24.3 Å². The lowest BCUT2D eigenvalue weighted by Crippen LogP contribution is -2.40. The highest BCUT2D eigenvalue weighted by Crippen LogP contribution is 2.28. The minimum Gasteiger partial charge on any atom is -0.491 e. The van der Waals surface area contributed by atoms with E-state index >= 15 is 0 Å². The Bertz CT molecular complexity index is 591. The topological polar surface area (TPSA) is 49.9 Å². The number of carbonyl (C=O) groups excluding carboxylic acids is 2. The van der Waals surface area contributed by atoms with Gasteiger partial charge in [-0.3, -0.25) is 9.59 Å². The third kappa shape index (κ3) is 3.71. The molecule has 3 rings (SSSR count). The molecule has 24 heavy (non-hydrogen) atoms. The molecule has 2 saturated heterocycles. The highest BCUT2D eigenvalue weighted by molar-refractivity contribution is 6.00. The molecule has 2 heterocycles. The molecule has 0 aromatic heterocycles. The van der Waals surface area contributed by atoms with Crippen molar-refractivity contribution in [2.45, 2.75) is 45.6 Å². The van der Waals surface area contributed by atoms with E-state index in [0.717, 1.165) is 37.4 Å². The molecule has 2 aliphatic rings. The molecular formula is C19H26N2O3. The van der Waals surface area contributed by atoms with Crippen LogP contribution in [0.15, 0.2) is 24.3 Å². The van der Waals surface area contributed by atoms with Crippen molar-refractivity contribution in [2.24, 2.45) is 5.92 Å². The van der Waals surface area contributed by atoms with Gasteiger partial charge in [-0.1, -0.05) is 0 Å². The van der Waals surface area contributed by atoms with Crippen LogP contribution in [0.25, 0.3) is 0 Å². The van der Waals surface area contributed by atoms with Crippen molar-refractivity contribution in [2.75, 3.05) is 24.5 Å². The van der Waals surface area contributed by atoms with Crippen molar-refractivity contribution in [1.82, 2.24) is 4.90 Å². The maximum Gasteiger partial charge on any atom is 0.228 e. The number of amides is 2. The summed E-state index contributed by atoms with van der Waals surface area (Å²) in [7, 11) is 0. The summed E-state index contributed by atoms with van der Waals surface area (Å²) in [6.45, 7) is 6.12. The molecule has 1 aromatic rings. The van der Waals surface area contributed by atoms with Crippen molar-refractivity contribution < 1.29 is 14.3 Å². The lowest BCUT2D eigenvalue weighted by molar-refractivity contribution is -0.136. The molecule has 0 aliphatic carbocycles. The van der Waals surface area contributed by atoms with Crippen LogP contribution in [0.5, 0.6) is 5.75 Å². The first kappa shape index (κ1) is 16.8. The summed E-state index contributed by atoms with van der Waals surface area (Å²) in [5, 5.41) is 0. The van der Waals surface area contributed by atoms with Crippen molar-refractivity contribution >= 4 is 17.5 Å². The average Bonchev–Trinajstić information content (AvgIpc) is 2.97. The quantitative estimate of drug-likeness (QED) is 0.853. The number of likely N-dealkylation sites (tertiary alicyclic amines) is 1. The maximum atomic E-state index is 12.6. The second kappa shape index (κ2) is 7.24. The molecule has 1 aromatic carbocycles. The number of ether oxygens (including phenoxy) is 1. The first-order valence-electron chi connectivity index (χ1n) is 8.90. The molecule has 5 heteroatoms. The molecule has 5 nitrogen and oxygen atoms in total. The summed E-state index contributed by atoms with van der Waals surface area (Å²) in [6, 6.07) is 7.54. The van der Waals surface area contributed by atoms with Crippen LogP contribution in [0, 0.1) is 5.92 Å². The summed E-state index contributed by atoms with van der Waals surface area (Å²) in [6.07, 6.45) is 3.79. The van der Waals surface area contributed by atoms with E-state index in [1.807, 2.05) is 43.0 Å². The van der Waals surface area contributed by atoms with Crippen LogP contribution in [0.4, 0.5) is 5.69 Å². The van der Waals surface area contributed by atoms with E-state index in [2.05, 4.69) is 0 Å². The number of carbonyl (C=O) groups is 2. The van der Waals surface area contributed by atoms with Crippen LogP contribution in [0.3, 0.4) is 0 Å². The number of nitrogens with zero attached hydrogens (tertiary/aromatic N) is 2. The van der Waals surface area contributed by atoms with Gasteiger partial charge in [0.15, 0.2) is 0 Å². The van der Waals surface area contributed by atoms with Crippen LogP contribution < -0.4 is 9.64 Å². The highest BCUT2D eigenvalue weighted by Gasteiger charge is 2.37. The number of anilines is 1. The zero-order valence-electron chi connectivity index (χ0n) is 14.5. The van der Waals surface area contributed by atoms with E-state index in [0.29, 0.717) is 13.0 Å². The molecule has 0 radical (unpaired) electrons. The Kier molecular flexibility index (Phi) is 5.07. The number of benzene rings is 1. The lowest BCUT2D eigenvalue weighted by atomic mass is 10.0. The molecule has 1 unspecified atom stereocenters. The summed E-state index contributed by atoms with van der Waals surface area (Å²) >= 11 is 0. The first-order chi connectivity index (χ1) is 11.5. The number of hydrogen-bond donors (Lipinski definition) is 0. The fourth-order valence-electron chi connectivity index (χ4n) is 3.47. The third-order valence-electron chi connectivity index (χ3n) is 4.66. The van der Waals surface area contributed by atoms with Gasteiger partial charge < -0.3 is 14.5 Å². The van der Waals surface area contributed by atoms with Crippen LogP contribution in [0.1, 0.15) is 39.5 Å². The number of hydrogen-bond acceptors (Lipinski definition) is 3. The molecular weight excluding hydrogens is 304 g/mol. The van der Waals surface area contributed by atoms with Crippen molar-refractivity contribution in [1.29, 1.82) is 0 Å². The van der Waals surface area contributed by atoms with E-state index in [1.165, 1.54) is 6.42 Å². The Balaban J connectivity index is 1.65. The fraction of sp³-hybridized carbons (Fsp3) is 0.579. The Morgan fingerprint density at radius 3 is 2.42 bits per heavy atom. The first-order valence-corrected chi connectivity index (χ1v) is 8.90. The van der Waals surface area contributed by atoms with Gasteiger partial charge in [-0.05, 0) is 57.4 Å². The van der Waals surface area contributed by atoms with E-state index < -0.39 is 0 Å². The van der Waals surface area contributed by atoms with Gasteiger partial charge in [-0.25, -0.2) is 0 Å². The third-order valence-corrected chi connectivity index (χ3v) is 4.66. The molecule has 0 saturated carbocycles. The molecule has 2 amide bonds. The van der Waals surface area contributed by atoms with Crippen LogP contribution in [-0.4, -0.2) is 42.5 Å². The molecule has 2 fully saturated rings. The number of piperidine rings is 1. The monoisotopic (exact) mass is 330 g/mol. The summed E-state index contributed by atoms with van der Waals surface area (Å²) < 4.78 is 5.63. The molecule has 2 aliphatic heterocycles. The number of rotatable bonds is 4. The van der Waals surface area contributed by atoms with Crippen LogP contribution >= 0.6 is 0 Å². The predicted molar refractivity (Wildman–Crippen MR) is 93.1 cm³/mol. The molecule has 0 bridgehead atoms. The highest BCUT2D eigenvalue weighted by atomic mass is 16.5. The van der Waals surface area contributed by atoms with Crippen molar-refractivity contribution in [3.8, 4) is 5.75 Å². The van der Waals surface area contributed by atoms with Gasteiger partial charge in [-0.2, -0.15) is 0 Å². The van der Waals surface area contributed by atoms with Gasteiger partial charge >= 0.3 is 0 Å². The van der Waals surface area contributed by atoms with E-state index in [-0.39, 0.29) is 23.8 Å². The molecule has 0 N–H and O–H groups in total. The summed E-state index contributed by atoms with van der Waals surface area (Å²) in [4.78, 5) is 28.6. The second-order valence-corrected chi connectivity index (χ2v) is 6.95. The van der Waals surface area contributed by atoms with Gasteiger partial charge in [0.25, 0.3) is 0 Å². The lowest BCUT2D eigenvalue weighted by Gasteiger charge is -2.29. The van der Waals surface area contributed by atoms with Gasteiger partial charge in [0.1, 0.15) is 5.75 Å². The van der Waals surface area contributed by atoms with E-state index in [1.54, 1.807) is 4.90 Å². The average molecular weight is 330 g/mol. The zero-order chi connectivity index (χ0) is 17.1. The van der Waals surface area contributed by atoms with Gasteiger partial charge in [0.2, 0.25) is 11.8 Å². The molecule has 0 spiro atoms. The van der Waals surface area contributed by atoms with E-state index in [9.17, 15) is 9.59 Å². The minimum absolute atomic E-state index is 0.0305. The van der Waals surface area contributed by atoms with Gasteiger partial charge in [0, 0.05) is 31.7 Å². The maximum absolute atomic E-state index is 12.6. The second-order valence-electron chi connectivity index (χ2n) is 6.95.